The van der Waals surface area contributed by atoms with Crippen LogP contribution in [-0.4, -0.2) is 40.4 Å². The molecule has 1 N–H and O–H groups in total. The average molecular weight is 250 g/mol. The average Bonchev–Trinajstić information content (AvgIpc) is 2.38. The van der Waals surface area contributed by atoms with E-state index < -0.39 is 0 Å². The van der Waals surface area contributed by atoms with Gasteiger partial charge >= 0.3 is 29.6 Å². The monoisotopic (exact) mass is 250 g/mol. The predicted molar refractivity (Wildman–Crippen MR) is 75.1 cm³/mol. The third-order valence-electron chi connectivity index (χ3n) is 2.68. The van der Waals surface area contributed by atoms with E-state index in [9.17, 15) is 9.90 Å². The second kappa shape index (κ2) is 7.37. The van der Waals surface area contributed by atoms with Crippen molar-refractivity contribution in [3.63, 3.8) is 0 Å². The normalized spacial score (nSPS) is 17.7. The second-order valence-corrected chi connectivity index (χ2v) is 3.95. The summed E-state index contributed by atoms with van der Waals surface area (Å²) >= 11 is 0. The minimum absolute atomic E-state index is 0. The molecule has 1 aliphatic carbocycles. The van der Waals surface area contributed by atoms with Gasteiger partial charge in [-0.15, -0.1) is 0 Å². The molecule has 0 bridgehead atoms. The second-order valence-electron chi connectivity index (χ2n) is 3.95. The fourth-order valence-electron chi connectivity index (χ4n) is 1.73. The Balaban J connectivity index is 0.00000162. The van der Waals surface area contributed by atoms with Crippen LogP contribution in [0.15, 0.2) is 60.7 Å². The molecule has 1 aliphatic rings. The molecular weight excluding hydrogens is 235 g/mol. The van der Waals surface area contributed by atoms with Crippen LogP contribution in [0.25, 0.3) is 0 Å². The SMILES string of the molecule is O=C(C=CC1C=CC=CC1)c1ccccc1O.[NaH]. The summed E-state index contributed by atoms with van der Waals surface area (Å²) in [7, 11) is 0. The number of rotatable bonds is 3. The van der Waals surface area contributed by atoms with Gasteiger partial charge in [0.15, 0.2) is 5.78 Å². The van der Waals surface area contributed by atoms with E-state index in [0.717, 1.165) is 6.42 Å². The predicted octanol–water partition coefficient (Wildman–Crippen LogP) is 2.61. The molecule has 0 amide bonds. The summed E-state index contributed by atoms with van der Waals surface area (Å²) in [5.41, 5.74) is 0.346. The van der Waals surface area contributed by atoms with E-state index in [2.05, 4.69) is 12.2 Å². The number of hydrogen-bond acceptors (Lipinski definition) is 2. The van der Waals surface area contributed by atoms with Crippen molar-refractivity contribution < 1.29 is 9.90 Å². The van der Waals surface area contributed by atoms with Gasteiger partial charge in [0.05, 0.1) is 5.56 Å². The number of benzene rings is 1. The topological polar surface area (TPSA) is 37.3 Å². The van der Waals surface area contributed by atoms with Crippen molar-refractivity contribution in [1.29, 1.82) is 0 Å². The molecular formula is C15H15NaO2. The van der Waals surface area contributed by atoms with Crippen LogP contribution in [0.3, 0.4) is 0 Å². The first kappa shape index (κ1) is 15.0. The van der Waals surface area contributed by atoms with Crippen LogP contribution < -0.4 is 0 Å². The van der Waals surface area contributed by atoms with E-state index in [0.29, 0.717) is 5.56 Å². The molecule has 2 rings (SSSR count). The molecule has 0 fully saturated rings. The van der Waals surface area contributed by atoms with Crippen molar-refractivity contribution in [3.8, 4) is 5.75 Å². The summed E-state index contributed by atoms with van der Waals surface area (Å²) in [5.74, 6) is 0.141. The van der Waals surface area contributed by atoms with Crippen LogP contribution in [0.5, 0.6) is 5.75 Å². The van der Waals surface area contributed by atoms with Crippen LogP contribution in [0, 0.1) is 5.92 Å². The van der Waals surface area contributed by atoms with E-state index in [1.807, 2.05) is 18.2 Å². The number of aromatic hydroxyl groups is 1. The Morgan fingerprint density at radius 3 is 2.72 bits per heavy atom. The summed E-state index contributed by atoms with van der Waals surface area (Å²) in [6.07, 6.45) is 12.4. The minimum atomic E-state index is -0.161. The standard InChI is InChI=1S/C15H14O2.Na.H/c16-14-9-5-4-8-13(14)15(17)11-10-12-6-2-1-3-7-12;;/h1-6,8-12,16H,7H2;;. The summed E-state index contributed by atoms with van der Waals surface area (Å²) in [4.78, 5) is 11.8. The van der Waals surface area contributed by atoms with Gasteiger partial charge in [-0.2, -0.15) is 0 Å². The van der Waals surface area contributed by atoms with Crippen LogP contribution in [-0.2, 0) is 0 Å². The van der Waals surface area contributed by atoms with E-state index in [1.165, 1.54) is 12.1 Å². The van der Waals surface area contributed by atoms with Gasteiger partial charge in [-0.25, -0.2) is 0 Å². The van der Waals surface area contributed by atoms with Gasteiger partial charge in [-0.1, -0.05) is 42.5 Å². The number of allylic oxidation sites excluding steroid dienone is 6. The Hall–Kier alpha value is -1.09. The van der Waals surface area contributed by atoms with Crippen molar-refractivity contribution in [2.45, 2.75) is 6.42 Å². The number of carbonyl (C=O) groups is 1. The molecule has 0 saturated heterocycles. The molecule has 0 aromatic heterocycles. The Morgan fingerprint density at radius 1 is 1.28 bits per heavy atom. The zero-order chi connectivity index (χ0) is 12.1. The molecule has 1 aromatic rings. The van der Waals surface area contributed by atoms with Crippen molar-refractivity contribution in [2.24, 2.45) is 5.92 Å². The van der Waals surface area contributed by atoms with E-state index in [4.69, 9.17) is 0 Å². The van der Waals surface area contributed by atoms with Crippen LogP contribution in [0.2, 0.25) is 0 Å². The third-order valence-corrected chi connectivity index (χ3v) is 2.68. The Kier molecular flexibility index (Phi) is 6.13. The first-order valence-electron chi connectivity index (χ1n) is 5.61. The van der Waals surface area contributed by atoms with E-state index >= 15 is 0 Å². The number of carbonyl (C=O) groups excluding carboxylic acids is 1. The van der Waals surface area contributed by atoms with Gasteiger partial charge in [-0.3, -0.25) is 4.79 Å². The molecule has 0 saturated carbocycles. The quantitative estimate of drug-likeness (QED) is 0.508. The Bertz CT molecular complexity index is 501. The van der Waals surface area contributed by atoms with Gasteiger partial charge in [0.1, 0.15) is 5.75 Å². The molecule has 1 aromatic carbocycles. The van der Waals surface area contributed by atoms with Crippen molar-refractivity contribution in [1.82, 2.24) is 0 Å². The van der Waals surface area contributed by atoms with Crippen LogP contribution in [0.4, 0.5) is 0 Å². The first-order chi connectivity index (χ1) is 8.27. The molecule has 0 spiro atoms. The summed E-state index contributed by atoms with van der Waals surface area (Å²) in [6.45, 7) is 0. The Labute approximate surface area is 129 Å². The Morgan fingerprint density at radius 2 is 2.06 bits per heavy atom. The molecule has 1 unspecified atom stereocenters. The van der Waals surface area contributed by atoms with Gasteiger partial charge in [-0.05, 0) is 30.5 Å². The molecule has 3 heteroatoms. The molecule has 88 valence electrons. The first-order valence-corrected chi connectivity index (χ1v) is 5.61. The number of hydrogen-bond donors (Lipinski definition) is 1. The number of phenolic OH excluding ortho intramolecular Hbond substituents is 1. The fraction of sp³-hybridized carbons (Fsp3) is 0.133. The van der Waals surface area contributed by atoms with E-state index in [1.54, 1.807) is 18.2 Å². The fourth-order valence-corrected chi connectivity index (χ4v) is 1.73. The van der Waals surface area contributed by atoms with Crippen LogP contribution in [0.1, 0.15) is 16.8 Å². The summed E-state index contributed by atoms with van der Waals surface area (Å²) in [6, 6.07) is 6.58. The van der Waals surface area contributed by atoms with E-state index in [-0.39, 0.29) is 47.0 Å². The molecule has 0 heterocycles. The van der Waals surface area contributed by atoms with Gasteiger partial charge < -0.3 is 5.11 Å². The maximum absolute atomic E-state index is 11.8. The number of para-hydroxylation sites is 1. The maximum atomic E-state index is 11.8. The van der Waals surface area contributed by atoms with Gasteiger partial charge in [0.2, 0.25) is 0 Å². The summed E-state index contributed by atoms with van der Waals surface area (Å²) < 4.78 is 0. The molecule has 0 radical (unpaired) electrons. The number of ketones is 1. The molecule has 18 heavy (non-hydrogen) atoms. The molecule has 1 atom stereocenters. The van der Waals surface area contributed by atoms with Crippen molar-refractivity contribution in [3.05, 3.63) is 66.3 Å². The van der Waals surface area contributed by atoms with Crippen molar-refractivity contribution >= 4 is 35.3 Å². The molecule has 2 nitrogen and oxygen atoms in total. The zero-order valence-corrected chi connectivity index (χ0v) is 9.41. The van der Waals surface area contributed by atoms with Crippen molar-refractivity contribution in [2.75, 3.05) is 0 Å². The summed E-state index contributed by atoms with van der Waals surface area (Å²) in [5, 5.41) is 9.54. The zero-order valence-electron chi connectivity index (χ0n) is 9.41. The molecule has 0 aliphatic heterocycles. The van der Waals surface area contributed by atoms with Crippen LogP contribution >= 0.6 is 0 Å². The third kappa shape index (κ3) is 3.98. The van der Waals surface area contributed by atoms with Gasteiger partial charge in [0, 0.05) is 0 Å². The van der Waals surface area contributed by atoms with Gasteiger partial charge in [0.25, 0.3) is 0 Å². The number of phenols is 1.